The highest BCUT2D eigenvalue weighted by molar-refractivity contribution is 5.90. The molecule has 1 rings (SSSR count). The number of carbonyl (C=O) groups excluding carboxylic acids is 2. The second-order valence-electron chi connectivity index (χ2n) is 4.43. The molecule has 1 heterocycles. The van der Waals surface area contributed by atoms with Crippen LogP contribution in [0.1, 0.15) is 50.1 Å². The van der Waals surface area contributed by atoms with Gasteiger partial charge < -0.3 is 10.2 Å². The summed E-state index contributed by atoms with van der Waals surface area (Å²) in [5.41, 5.74) is 0. The van der Waals surface area contributed by atoms with Gasteiger partial charge >= 0.3 is 0 Å². The van der Waals surface area contributed by atoms with Gasteiger partial charge in [0.1, 0.15) is 5.82 Å². The van der Waals surface area contributed by atoms with Gasteiger partial charge in [-0.3, -0.25) is 14.7 Å². The molecule has 0 bridgehead atoms. The van der Waals surface area contributed by atoms with Crippen molar-refractivity contribution in [1.82, 2.24) is 25.4 Å². The lowest BCUT2D eigenvalue weighted by atomic mass is 10.3. The summed E-state index contributed by atoms with van der Waals surface area (Å²) in [6.45, 7) is 7.56. The zero-order valence-corrected chi connectivity index (χ0v) is 12.4. The molecule has 20 heavy (non-hydrogen) atoms. The lowest BCUT2D eigenvalue weighted by molar-refractivity contribution is -0.130. The number of amides is 2. The molecule has 1 aromatic rings. The van der Waals surface area contributed by atoms with Gasteiger partial charge in [0.2, 0.25) is 11.7 Å². The molecule has 0 atom stereocenters. The van der Waals surface area contributed by atoms with Crippen molar-refractivity contribution in [3.8, 4) is 0 Å². The third kappa shape index (κ3) is 4.64. The van der Waals surface area contributed by atoms with E-state index in [1.54, 1.807) is 4.90 Å². The predicted molar refractivity (Wildman–Crippen MR) is 75.3 cm³/mol. The number of aryl methyl sites for hydroxylation is 1. The maximum Gasteiger partial charge on any atom is 0.290 e. The molecule has 0 fully saturated rings. The second-order valence-corrected chi connectivity index (χ2v) is 4.43. The zero-order chi connectivity index (χ0) is 15.0. The highest BCUT2D eigenvalue weighted by Crippen LogP contribution is 1.97. The van der Waals surface area contributed by atoms with Crippen molar-refractivity contribution in [2.75, 3.05) is 19.6 Å². The standard InChI is InChI=1S/C13H23N5O2/c1-4-7-10-15-12(17-16-10)13(20)14-9-8-11(19)18(5-2)6-3/h4-9H2,1-3H3,(H,14,20)(H,15,16,17). The summed E-state index contributed by atoms with van der Waals surface area (Å²) >= 11 is 0. The van der Waals surface area contributed by atoms with Crippen molar-refractivity contribution in [3.63, 3.8) is 0 Å². The monoisotopic (exact) mass is 281 g/mol. The van der Waals surface area contributed by atoms with Gasteiger partial charge in [-0.1, -0.05) is 6.92 Å². The number of hydrogen-bond acceptors (Lipinski definition) is 4. The molecule has 0 aliphatic carbocycles. The van der Waals surface area contributed by atoms with Crippen LogP contribution in [0.25, 0.3) is 0 Å². The molecule has 0 saturated heterocycles. The van der Waals surface area contributed by atoms with Crippen molar-refractivity contribution in [2.24, 2.45) is 0 Å². The first-order valence-electron chi connectivity index (χ1n) is 7.09. The number of nitrogens with one attached hydrogen (secondary N) is 2. The van der Waals surface area contributed by atoms with Crippen molar-refractivity contribution < 1.29 is 9.59 Å². The van der Waals surface area contributed by atoms with Crippen molar-refractivity contribution in [2.45, 2.75) is 40.0 Å². The number of aromatic amines is 1. The van der Waals surface area contributed by atoms with Crippen molar-refractivity contribution >= 4 is 11.8 Å². The lowest BCUT2D eigenvalue weighted by Crippen LogP contribution is -2.34. The Morgan fingerprint density at radius 3 is 2.55 bits per heavy atom. The molecule has 2 amide bonds. The van der Waals surface area contributed by atoms with Gasteiger partial charge in [0, 0.05) is 32.5 Å². The third-order valence-electron chi connectivity index (χ3n) is 2.96. The summed E-state index contributed by atoms with van der Waals surface area (Å²) < 4.78 is 0. The van der Waals surface area contributed by atoms with Gasteiger partial charge in [0.05, 0.1) is 0 Å². The minimum absolute atomic E-state index is 0.0389. The molecular weight excluding hydrogens is 258 g/mol. The van der Waals surface area contributed by atoms with Crippen LogP contribution in [-0.4, -0.2) is 51.5 Å². The van der Waals surface area contributed by atoms with Gasteiger partial charge in [0.25, 0.3) is 5.91 Å². The van der Waals surface area contributed by atoms with Crippen LogP contribution in [0, 0.1) is 0 Å². The van der Waals surface area contributed by atoms with Crippen LogP contribution in [0.5, 0.6) is 0 Å². The van der Waals surface area contributed by atoms with E-state index >= 15 is 0 Å². The lowest BCUT2D eigenvalue weighted by Gasteiger charge is -2.18. The number of H-pyrrole nitrogens is 1. The molecule has 0 unspecified atom stereocenters. The second kappa shape index (κ2) is 8.29. The van der Waals surface area contributed by atoms with E-state index in [0.29, 0.717) is 31.9 Å². The van der Waals surface area contributed by atoms with Crippen LogP contribution >= 0.6 is 0 Å². The Bertz CT molecular complexity index is 440. The summed E-state index contributed by atoms with van der Waals surface area (Å²) in [5, 5.41) is 9.24. The average Bonchev–Trinajstić information content (AvgIpc) is 2.89. The van der Waals surface area contributed by atoms with Gasteiger partial charge in [-0.25, -0.2) is 4.98 Å². The largest absolute Gasteiger partial charge is 0.349 e. The number of nitrogens with zero attached hydrogens (tertiary/aromatic N) is 3. The quantitative estimate of drug-likeness (QED) is 0.735. The molecule has 112 valence electrons. The molecule has 0 radical (unpaired) electrons. The molecule has 0 aliphatic heterocycles. The van der Waals surface area contributed by atoms with Crippen LogP contribution in [0.4, 0.5) is 0 Å². The minimum atomic E-state index is -0.351. The molecule has 2 N–H and O–H groups in total. The Kier molecular flexibility index (Phi) is 6.69. The van der Waals surface area contributed by atoms with E-state index in [4.69, 9.17) is 0 Å². The molecule has 0 aromatic carbocycles. The zero-order valence-electron chi connectivity index (χ0n) is 12.4. The van der Waals surface area contributed by atoms with Gasteiger partial charge in [-0.2, -0.15) is 0 Å². The smallest absolute Gasteiger partial charge is 0.290 e. The maximum atomic E-state index is 11.8. The Morgan fingerprint density at radius 2 is 1.95 bits per heavy atom. The summed E-state index contributed by atoms with van der Waals surface area (Å²) in [6, 6.07) is 0. The highest BCUT2D eigenvalue weighted by Gasteiger charge is 2.13. The Balaban J connectivity index is 2.37. The summed E-state index contributed by atoms with van der Waals surface area (Å²) in [4.78, 5) is 29.3. The van der Waals surface area contributed by atoms with Gasteiger partial charge in [-0.15, -0.1) is 5.10 Å². The average molecular weight is 281 g/mol. The summed E-state index contributed by atoms with van der Waals surface area (Å²) in [6.07, 6.45) is 2.00. The fraction of sp³-hybridized carbons (Fsp3) is 0.692. The van der Waals surface area contributed by atoms with Crippen molar-refractivity contribution in [1.29, 1.82) is 0 Å². The van der Waals surface area contributed by atoms with E-state index in [2.05, 4.69) is 20.5 Å². The molecular formula is C13H23N5O2. The van der Waals surface area contributed by atoms with Gasteiger partial charge in [-0.05, 0) is 20.3 Å². The number of carbonyl (C=O) groups is 2. The topological polar surface area (TPSA) is 91.0 Å². The van der Waals surface area contributed by atoms with Crippen LogP contribution in [0.15, 0.2) is 0 Å². The fourth-order valence-corrected chi connectivity index (χ4v) is 1.84. The fourth-order valence-electron chi connectivity index (χ4n) is 1.84. The predicted octanol–water partition coefficient (Wildman–Crippen LogP) is 0.746. The first-order valence-corrected chi connectivity index (χ1v) is 7.09. The van der Waals surface area contributed by atoms with E-state index in [1.165, 1.54) is 0 Å². The Morgan fingerprint density at radius 1 is 1.25 bits per heavy atom. The Labute approximate surface area is 119 Å². The maximum absolute atomic E-state index is 11.8. The SMILES string of the molecule is CCCc1nc(C(=O)NCCC(=O)N(CC)CC)n[nH]1. The van der Waals surface area contributed by atoms with Gasteiger partial charge in [0.15, 0.2) is 0 Å². The summed E-state index contributed by atoms with van der Waals surface area (Å²) in [7, 11) is 0. The van der Waals surface area contributed by atoms with E-state index in [-0.39, 0.29) is 17.6 Å². The Hall–Kier alpha value is -1.92. The molecule has 0 saturated carbocycles. The molecule has 7 heteroatoms. The molecule has 0 spiro atoms. The first-order chi connectivity index (χ1) is 9.62. The van der Waals surface area contributed by atoms with Crippen LogP contribution in [-0.2, 0) is 11.2 Å². The van der Waals surface area contributed by atoms with E-state index in [9.17, 15) is 9.59 Å². The number of rotatable bonds is 8. The van der Waals surface area contributed by atoms with E-state index in [0.717, 1.165) is 12.8 Å². The first kappa shape index (κ1) is 16.1. The van der Waals surface area contributed by atoms with E-state index in [1.807, 2.05) is 20.8 Å². The number of aromatic nitrogens is 3. The molecule has 7 nitrogen and oxygen atoms in total. The van der Waals surface area contributed by atoms with E-state index < -0.39 is 0 Å². The van der Waals surface area contributed by atoms with Crippen molar-refractivity contribution in [3.05, 3.63) is 11.6 Å². The van der Waals surface area contributed by atoms with Crippen LogP contribution in [0.3, 0.4) is 0 Å². The third-order valence-corrected chi connectivity index (χ3v) is 2.96. The normalized spacial score (nSPS) is 10.3. The van der Waals surface area contributed by atoms with Crippen LogP contribution < -0.4 is 5.32 Å². The minimum Gasteiger partial charge on any atom is -0.349 e. The number of hydrogen-bond donors (Lipinski definition) is 2. The summed E-state index contributed by atoms with van der Waals surface area (Å²) in [5.74, 6) is 0.522. The highest BCUT2D eigenvalue weighted by atomic mass is 16.2. The molecule has 1 aromatic heterocycles. The molecule has 0 aliphatic rings. The van der Waals surface area contributed by atoms with Crippen LogP contribution in [0.2, 0.25) is 0 Å².